The van der Waals surface area contributed by atoms with Crippen LogP contribution >= 0.6 is 0 Å². The van der Waals surface area contributed by atoms with Crippen LogP contribution in [0.25, 0.3) is 21.8 Å². The normalized spacial score (nSPS) is 21.8. The van der Waals surface area contributed by atoms with Crippen molar-refractivity contribution in [3.05, 3.63) is 35.5 Å². The van der Waals surface area contributed by atoms with Crippen LogP contribution in [-0.2, 0) is 4.79 Å². The molecule has 0 bridgehead atoms. The molecule has 3 aromatic rings. The number of H-pyrrole nitrogens is 1. The molecule has 2 fully saturated rings. The predicted molar refractivity (Wildman–Crippen MR) is 149 cm³/mol. The lowest BCUT2D eigenvalue weighted by molar-refractivity contribution is -0.117. The number of carbonyl (C=O) groups is 2. The van der Waals surface area contributed by atoms with Gasteiger partial charge in [-0.3, -0.25) is 4.79 Å². The van der Waals surface area contributed by atoms with Crippen molar-refractivity contribution < 1.29 is 9.59 Å². The molecule has 198 valence electrons. The highest BCUT2D eigenvalue weighted by Gasteiger charge is 2.36. The van der Waals surface area contributed by atoms with E-state index in [0.717, 1.165) is 92.2 Å². The number of likely N-dealkylation sites (tertiary alicyclic amines) is 1. The number of carbonyl (C=O) groups excluding carboxylic acids is 2. The minimum absolute atomic E-state index is 0.399. The van der Waals surface area contributed by atoms with E-state index in [2.05, 4.69) is 52.1 Å². The van der Waals surface area contributed by atoms with Gasteiger partial charge in [0.25, 0.3) is 5.91 Å². The van der Waals surface area contributed by atoms with Crippen LogP contribution in [0.5, 0.6) is 0 Å². The Morgan fingerprint density at radius 3 is 2.76 bits per heavy atom. The molecule has 0 radical (unpaired) electrons. The molecule has 0 spiro atoms. The summed E-state index contributed by atoms with van der Waals surface area (Å²) in [5.74, 6) is 0.855. The van der Waals surface area contributed by atoms with Gasteiger partial charge in [0, 0.05) is 41.6 Å². The molecule has 2 saturated heterocycles. The zero-order valence-corrected chi connectivity index (χ0v) is 22.3. The standard InChI is InChI=1S/C29H40N6O2/c1-19(2)34-13-7-20(8-14-34)21-5-6-22-24(15-21)33-26-23(27(30)37)16-32-28(25(22)26)35-12-4-9-29(17-35,18-36)10-11-31-3/h5-6,15-16,18-20,31,33H,4,7-14,17H2,1-3H3,(H2,30,37). The number of fused-ring (bicyclic) bond motifs is 3. The number of nitrogens with two attached hydrogens (primary N) is 1. The maximum absolute atomic E-state index is 12.3. The van der Waals surface area contributed by atoms with Crippen LogP contribution in [0.3, 0.4) is 0 Å². The number of rotatable bonds is 8. The third-order valence-electron chi connectivity index (χ3n) is 8.66. The van der Waals surface area contributed by atoms with E-state index in [-0.39, 0.29) is 0 Å². The Morgan fingerprint density at radius 2 is 2.08 bits per heavy atom. The molecular weight excluding hydrogens is 464 g/mol. The van der Waals surface area contributed by atoms with E-state index in [1.165, 1.54) is 5.56 Å². The van der Waals surface area contributed by atoms with Crippen molar-refractivity contribution in [3.63, 3.8) is 0 Å². The number of piperidine rings is 2. The Labute approximate surface area is 219 Å². The number of benzene rings is 1. The van der Waals surface area contributed by atoms with Gasteiger partial charge < -0.3 is 30.6 Å². The highest BCUT2D eigenvalue weighted by molar-refractivity contribution is 6.18. The second-order valence-electron chi connectivity index (χ2n) is 11.3. The number of nitrogens with one attached hydrogen (secondary N) is 2. The summed E-state index contributed by atoms with van der Waals surface area (Å²) in [5, 5.41) is 5.15. The van der Waals surface area contributed by atoms with Crippen LogP contribution in [-0.4, -0.2) is 72.9 Å². The van der Waals surface area contributed by atoms with Crippen LogP contribution in [0.2, 0.25) is 0 Å². The van der Waals surface area contributed by atoms with E-state index in [1.807, 2.05) is 7.05 Å². The van der Waals surface area contributed by atoms with Crippen molar-refractivity contribution >= 4 is 39.8 Å². The lowest BCUT2D eigenvalue weighted by atomic mass is 9.78. The highest BCUT2D eigenvalue weighted by Crippen LogP contribution is 2.40. The minimum Gasteiger partial charge on any atom is -0.365 e. The number of aldehydes is 1. The molecule has 2 aliphatic rings. The summed E-state index contributed by atoms with van der Waals surface area (Å²) in [7, 11) is 1.92. The third-order valence-corrected chi connectivity index (χ3v) is 8.66. The van der Waals surface area contributed by atoms with Gasteiger partial charge in [0.15, 0.2) is 0 Å². The average Bonchev–Trinajstić information content (AvgIpc) is 3.30. The topological polar surface area (TPSA) is 107 Å². The van der Waals surface area contributed by atoms with Crippen molar-refractivity contribution in [2.45, 2.75) is 57.9 Å². The molecule has 0 aliphatic carbocycles. The fourth-order valence-corrected chi connectivity index (χ4v) is 6.41. The van der Waals surface area contributed by atoms with Crippen molar-refractivity contribution in [1.82, 2.24) is 20.2 Å². The molecule has 1 atom stereocenters. The van der Waals surface area contributed by atoms with Gasteiger partial charge in [0.2, 0.25) is 0 Å². The summed E-state index contributed by atoms with van der Waals surface area (Å²) in [5.41, 5.74) is 8.83. The molecule has 2 aromatic heterocycles. The van der Waals surface area contributed by atoms with Crippen LogP contribution in [0.1, 0.15) is 67.8 Å². The number of aromatic amines is 1. The second kappa shape index (κ2) is 10.4. The molecule has 1 unspecified atom stereocenters. The minimum atomic E-state index is -0.494. The van der Waals surface area contributed by atoms with Crippen molar-refractivity contribution in [3.8, 4) is 0 Å². The molecule has 0 saturated carbocycles. The van der Waals surface area contributed by atoms with E-state index in [1.54, 1.807) is 6.20 Å². The van der Waals surface area contributed by atoms with Crippen molar-refractivity contribution in [2.24, 2.45) is 11.1 Å². The zero-order chi connectivity index (χ0) is 26.2. The first-order valence-corrected chi connectivity index (χ1v) is 13.7. The highest BCUT2D eigenvalue weighted by atomic mass is 16.1. The van der Waals surface area contributed by atoms with Gasteiger partial charge >= 0.3 is 0 Å². The Morgan fingerprint density at radius 1 is 1.30 bits per heavy atom. The molecule has 8 heteroatoms. The first-order valence-electron chi connectivity index (χ1n) is 13.7. The molecule has 2 aliphatic heterocycles. The predicted octanol–water partition coefficient (Wildman–Crippen LogP) is 3.80. The fraction of sp³-hybridized carbons (Fsp3) is 0.552. The fourth-order valence-electron chi connectivity index (χ4n) is 6.41. The molecule has 8 nitrogen and oxygen atoms in total. The molecule has 5 rings (SSSR count). The number of amides is 1. The number of hydrogen-bond donors (Lipinski definition) is 3. The van der Waals surface area contributed by atoms with Crippen LogP contribution in [0.4, 0.5) is 5.82 Å². The number of pyridine rings is 1. The Hall–Kier alpha value is -2.97. The SMILES string of the molecule is CNCCC1(C=O)CCCN(c2ncc(C(N)=O)c3[nH]c4cc(C5CCN(C(C)C)CC5)ccc4c23)C1. The average molecular weight is 505 g/mol. The van der Waals surface area contributed by atoms with Gasteiger partial charge in [0.05, 0.1) is 16.5 Å². The van der Waals surface area contributed by atoms with Crippen LogP contribution in [0, 0.1) is 5.41 Å². The van der Waals surface area contributed by atoms with Gasteiger partial charge in [-0.15, -0.1) is 0 Å². The molecular formula is C29H40N6O2. The number of aromatic nitrogens is 2. The molecule has 4 heterocycles. The smallest absolute Gasteiger partial charge is 0.252 e. The van der Waals surface area contributed by atoms with E-state index in [9.17, 15) is 9.59 Å². The monoisotopic (exact) mass is 504 g/mol. The van der Waals surface area contributed by atoms with Gasteiger partial charge in [-0.1, -0.05) is 12.1 Å². The van der Waals surface area contributed by atoms with Crippen LogP contribution < -0.4 is 16.0 Å². The lowest BCUT2D eigenvalue weighted by Crippen LogP contribution is -2.46. The number of primary amides is 1. The summed E-state index contributed by atoms with van der Waals surface area (Å²) in [4.78, 5) is 37.6. The number of nitrogens with zero attached hydrogens (tertiary/aromatic N) is 3. The molecule has 1 aromatic carbocycles. The summed E-state index contributed by atoms with van der Waals surface area (Å²) >= 11 is 0. The molecule has 1 amide bonds. The van der Waals surface area contributed by atoms with E-state index in [4.69, 9.17) is 10.7 Å². The van der Waals surface area contributed by atoms with Crippen LogP contribution in [0.15, 0.2) is 24.4 Å². The summed E-state index contributed by atoms with van der Waals surface area (Å²) in [6, 6.07) is 7.25. The van der Waals surface area contributed by atoms with Gasteiger partial charge in [-0.25, -0.2) is 4.98 Å². The first-order chi connectivity index (χ1) is 17.9. The van der Waals surface area contributed by atoms with E-state index in [0.29, 0.717) is 24.1 Å². The largest absolute Gasteiger partial charge is 0.365 e. The second-order valence-corrected chi connectivity index (χ2v) is 11.3. The summed E-state index contributed by atoms with van der Waals surface area (Å²) in [6.07, 6.45) is 7.61. The quantitative estimate of drug-likeness (QED) is 0.403. The van der Waals surface area contributed by atoms with Crippen molar-refractivity contribution in [1.29, 1.82) is 0 Å². The first kappa shape index (κ1) is 25.7. The van der Waals surface area contributed by atoms with Crippen molar-refractivity contribution in [2.75, 3.05) is 44.7 Å². The summed E-state index contributed by atoms with van der Waals surface area (Å²) in [6.45, 7) is 9.01. The Bertz CT molecular complexity index is 1290. The Balaban J connectivity index is 1.54. The maximum Gasteiger partial charge on any atom is 0.252 e. The lowest BCUT2D eigenvalue weighted by Gasteiger charge is -2.40. The maximum atomic E-state index is 12.3. The number of hydrogen-bond acceptors (Lipinski definition) is 6. The Kier molecular flexibility index (Phi) is 7.23. The van der Waals surface area contributed by atoms with E-state index >= 15 is 0 Å². The zero-order valence-electron chi connectivity index (χ0n) is 22.3. The van der Waals surface area contributed by atoms with Gasteiger partial charge in [-0.05, 0) is 90.2 Å². The van der Waals surface area contributed by atoms with E-state index < -0.39 is 11.3 Å². The summed E-state index contributed by atoms with van der Waals surface area (Å²) < 4.78 is 0. The van der Waals surface area contributed by atoms with Gasteiger partial charge in [-0.2, -0.15) is 0 Å². The molecule has 4 N–H and O–H groups in total. The number of anilines is 1. The third kappa shape index (κ3) is 4.84. The molecule has 37 heavy (non-hydrogen) atoms. The van der Waals surface area contributed by atoms with Gasteiger partial charge in [0.1, 0.15) is 12.1 Å².